The lowest BCUT2D eigenvalue weighted by Crippen LogP contribution is -2.11. The van der Waals surface area contributed by atoms with Gasteiger partial charge in [-0.2, -0.15) is 0 Å². The van der Waals surface area contributed by atoms with Gasteiger partial charge in [0.05, 0.1) is 13.2 Å². The topological polar surface area (TPSA) is 40.5 Å². The summed E-state index contributed by atoms with van der Waals surface area (Å²) in [7, 11) is 0. The Balaban J connectivity index is 4.38. The van der Waals surface area contributed by atoms with E-state index in [4.69, 9.17) is 10.2 Å². The van der Waals surface area contributed by atoms with Gasteiger partial charge in [-0.05, 0) is 19.1 Å². The molecule has 0 fully saturated rings. The lowest BCUT2D eigenvalue weighted by atomic mass is 10.0. The van der Waals surface area contributed by atoms with E-state index in [-0.39, 0.29) is 19.1 Å². The van der Waals surface area contributed by atoms with Gasteiger partial charge in [0, 0.05) is 5.92 Å². The van der Waals surface area contributed by atoms with Crippen LogP contribution in [0, 0.1) is 5.92 Å². The smallest absolute Gasteiger partial charge is 0.122 e. The van der Waals surface area contributed by atoms with Gasteiger partial charge < -0.3 is 10.2 Å². The fourth-order valence-corrected chi connectivity index (χ4v) is 0.761. The third kappa shape index (κ3) is 4.60. The Hall–Kier alpha value is -0.930. The zero-order valence-electron chi connectivity index (χ0n) is 7.70. The van der Waals surface area contributed by atoms with Crippen molar-refractivity contribution >= 4 is 0 Å². The monoisotopic (exact) mass is 186 g/mol. The number of hydrogen-bond donors (Lipinski definition) is 2. The first-order chi connectivity index (χ1) is 6.15. The fourth-order valence-electron chi connectivity index (χ4n) is 0.761. The van der Waals surface area contributed by atoms with Crippen LogP contribution in [0.15, 0.2) is 36.2 Å². The molecule has 0 saturated carbocycles. The molecule has 0 aliphatic heterocycles. The van der Waals surface area contributed by atoms with Crippen molar-refractivity contribution in [3.63, 3.8) is 0 Å². The van der Waals surface area contributed by atoms with Gasteiger partial charge in [0.15, 0.2) is 0 Å². The quantitative estimate of drug-likeness (QED) is 0.640. The highest BCUT2D eigenvalue weighted by Crippen LogP contribution is 2.10. The summed E-state index contributed by atoms with van der Waals surface area (Å²) in [6.45, 7) is 4.71. The van der Waals surface area contributed by atoms with Crippen molar-refractivity contribution in [2.24, 2.45) is 5.92 Å². The van der Waals surface area contributed by atoms with Crippen molar-refractivity contribution < 1.29 is 14.6 Å². The van der Waals surface area contributed by atoms with E-state index in [0.29, 0.717) is 0 Å². The Labute approximate surface area is 77.7 Å². The van der Waals surface area contributed by atoms with Crippen molar-refractivity contribution in [1.29, 1.82) is 0 Å². The number of hydrogen-bond acceptors (Lipinski definition) is 2. The molecule has 0 aromatic rings. The second-order valence-electron chi connectivity index (χ2n) is 2.73. The zero-order valence-corrected chi connectivity index (χ0v) is 7.70. The average molecular weight is 186 g/mol. The SMILES string of the molecule is C=C/C(F)=C\C=C(/C)C(CO)CO. The van der Waals surface area contributed by atoms with Crippen LogP contribution < -0.4 is 0 Å². The number of aliphatic hydroxyl groups excluding tert-OH is 2. The fraction of sp³-hybridized carbons (Fsp3) is 0.400. The highest BCUT2D eigenvalue weighted by molar-refractivity contribution is 5.20. The van der Waals surface area contributed by atoms with Crippen LogP contribution in [-0.4, -0.2) is 23.4 Å². The second kappa shape index (κ2) is 6.57. The van der Waals surface area contributed by atoms with E-state index in [0.717, 1.165) is 11.6 Å². The molecule has 0 spiro atoms. The van der Waals surface area contributed by atoms with Gasteiger partial charge >= 0.3 is 0 Å². The summed E-state index contributed by atoms with van der Waals surface area (Å²) in [4.78, 5) is 0. The highest BCUT2D eigenvalue weighted by atomic mass is 19.1. The Morgan fingerprint density at radius 2 is 1.92 bits per heavy atom. The third-order valence-electron chi connectivity index (χ3n) is 1.79. The Morgan fingerprint density at radius 1 is 1.38 bits per heavy atom. The van der Waals surface area contributed by atoms with Crippen LogP contribution in [-0.2, 0) is 0 Å². The lowest BCUT2D eigenvalue weighted by molar-refractivity contribution is 0.171. The maximum Gasteiger partial charge on any atom is 0.122 e. The van der Waals surface area contributed by atoms with E-state index in [1.165, 1.54) is 12.2 Å². The van der Waals surface area contributed by atoms with Crippen LogP contribution in [0.4, 0.5) is 4.39 Å². The van der Waals surface area contributed by atoms with Gasteiger partial charge in [0.1, 0.15) is 5.83 Å². The molecule has 74 valence electrons. The largest absolute Gasteiger partial charge is 0.396 e. The maximum atomic E-state index is 12.5. The summed E-state index contributed by atoms with van der Waals surface area (Å²) in [5.74, 6) is -0.747. The Morgan fingerprint density at radius 3 is 2.31 bits per heavy atom. The van der Waals surface area contributed by atoms with Crippen LogP contribution in [0.5, 0.6) is 0 Å². The standard InChI is InChI=1S/C10H15FO2/c1-3-10(11)5-4-8(2)9(6-12)7-13/h3-5,9,12-13H,1,6-7H2,2H3/b8-4+,10-5+. The lowest BCUT2D eigenvalue weighted by Gasteiger charge is -2.09. The van der Waals surface area contributed by atoms with E-state index in [1.807, 2.05) is 0 Å². The zero-order chi connectivity index (χ0) is 10.3. The van der Waals surface area contributed by atoms with Crippen LogP contribution in [0.2, 0.25) is 0 Å². The Bertz CT molecular complexity index is 215. The molecule has 0 amide bonds. The Kier molecular flexibility index (Phi) is 6.10. The minimum Gasteiger partial charge on any atom is -0.396 e. The molecule has 2 nitrogen and oxygen atoms in total. The van der Waals surface area contributed by atoms with Crippen molar-refractivity contribution in [3.05, 3.63) is 36.2 Å². The molecule has 0 bridgehead atoms. The summed E-state index contributed by atoms with van der Waals surface area (Å²) in [5.41, 5.74) is 0.738. The number of aliphatic hydroxyl groups is 2. The van der Waals surface area contributed by atoms with Gasteiger partial charge in [0.2, 0.25) is 0 Å². The van der Waals surface area contributed by atoms with Gasteiger partial charge in [-0.3, -0.25) is 0 Å². The van der Waals surface area contributed by atoms with E-state index in [1.54, 1.807) is 6.92 Å². The first-order valence-corrected chi connectivity index (χ1v) is 4.03. The predicted molar refractivity (Wildman–Crippen MR) is 50.8 cm³/mol. The molecular formula is C10H15FO2. The van der Waals surface area contributed by atoms with E-state index in [9.17, 15) is 4.39 Å². The van der Waals surface area contributed by atoms with Crippen LogP contribution in [0.25, 0.3) is 0 Å². The maximum absolute atomic E-state index is 12.5. The molecule has 0 heterocycles. The number of allylic oxidation sites excluding steroid dienone is 4. The molecule has 0 aromatic heterocycles. The molecule has 0 atom stereocenters. The van der Waals surface area contributed by atoms with E-state index < -0.39 is 5.83 Å². The number of halogens is 1. The van der Waals surface area contributed by atoms with Crippen LogP contribution >= 0.6 is 0 Å². The molecule has 0 aromatic carbocycles. The summed E-state index contributed by atoms with van der Waals surface area (Å²) in [5, 5.41) is 17.6. The predicted octanol–water partition coefficient (Wildman–Crippen LogP) is 1.57. The molecule has 0 saturated heterocycles. The average Bonchev–Trinajstić information content (AvgIpc) is 2.16. The van der Waals surface area contributed by atoms with Crippen molar-refractivity contribution in [3.8, 4) is 0 Å². The van der Waals surface area contributed by atoms with Gasteiger partial charge in [0.25, 0.3) is 0 Å². The minimum atomic E-state index is -0.436. The first-order valence-electron chi connectivity index (χ1n) is 4.03. The summed E-state index contributed by atoms with van der Waals surface area (Å²) in [6, 6.07) is 0. The minimum absolute atomic E-state index is 0.137. The highest BCUT2D eigenvalue weighted by Gasteiger charge is 2.06. The molecular weight excluding hydrogens is 171 g/mol. The summed E-state index contributed by atoms with van der Waals surface area (Å²) in [6.07, 6.45) is 3.87. The summed E-state index contributed by atoms with van der Waals surface area (Å²) < 4.78 is 12.5. The van der Waals surface area contributed by atoms with E-state index >= 15 is 0 Å². The molecule has 0 unspecified atom stereocenters. The van der Waals surface area contributed by atoms with Crippen molar-refractivity contribution in [1.82, 2.24) is 0 Å². The normalized spacial score (nSPS) is 13.6. The van der Waals surface area contributed by atoms with Gasteiger partial charge in [-0.15, -0.1) is 0 Å². The molecule has 0 radical (unpaired) electrons. The summed E-state index contributed by atoms with van der Waals surface area (Å²) >= 11 is 0. The van der Waals surface area contributed by atoms with Crippen molar-refractivity contribution in [2.75, 3.05) is 13.2 Å². The molecule has 13 heavy (non-hydrogen) atoms. The van der Waals surface area contributed by atoms with Crippen LogP contribution in [0.1, 0.15) is 6.92 Å². The first kappa shape index (κ1) is 12.1. The third-order valence-corrected chi connectivity index (χ3v) is 1.79. The number of rotatable bonds is 5. The second-order valence-corrected chi connectivity index (χ2v) is 2.73. The van der Waals surface area contributed by atoms with Gasteiger partial charge in [-0.1, -0.05) is 18.2 Å². The molecule has 0 aliphatic carbocycles. The van der Waals surface area contributed by atoms with Crippen LogP contribution in [0.3, 0.4) is 0 Å². The van der Waals surface area contributed by atoms with Gasteiger partial charge in [-0.25, -0.2) is 4.39 Å². The molecule has 3 heteroatoms. The molecule has 2 N–H and O–H groups in total. The van der Waals surface area contributed by atoms with Crippen molar-refractivity contribution in [2.45, 2.75) is 6.92 Å². The molecule has 0 rings (SSSR count). The van der Waals surface area contributed by atoms with E-state index in [2.05, 4.69) is 6.58 Å². The molecule has 0 aliphatic rings.